The minimum Gasteiger partial charge on any atom is -0.477 e. The molecular weight excluding hydrogens is 342 g/mol. The fraction of sp³-hybridized carbons (Fsp3) is 0.667. The molecule has 0 radical (unpaired) electrons. The summed E-state index contributed by atoms with van der Waals surface area (Å²) in [5, 5.41) is 14.1. The van der Waals surface area contributed by atoms with Crippen molar-refractivity contribution in [2.24, 2.45) is 17.8 Å². The van der Waals surface area contributed by atoms with Crippen LogP contribution in [0.2, 0.25) is 0 Å². The molecule has 0 saturated heterocycles. The first kappa shape index (κ1) is 21.2. The van der Waals surface area contributed by atoms with Gasteiger partial charge in [0.1, 0.15) is 5.56 Å². The van der Waals surface area contributed by atoms with Gasteiger partial charge in [-0.2, -0.15) is 0 Å². The minimum atomic E-state index is -1.07. The SMILES string of the molecule is CC(C)C/C=C/n1cc(C(=O)O)c(N(C(=O)[C@H]2CC[C@H](C)CC2)C(C)C)n1. The third-order valence-corrected chi connectivity index (χ3v) is 5.16. The van der Waals surface area contributed by atoms with Crippen LogP contribution in [0.1, 0.15) is 77.1 Å². The Bertz CT molecular complexity index is 683. The van der Waals surface area contributed by atoms with Crippen LogP contribution in [0.4, 0.5) is 5.82 Å². The predicted octanol–water partition coefficient (Wildman–Crippen LogP) is 4.67. The number of hydrogen-bond donors (Lipinski definition) is 1. The summed E-state index contributed by atoms with van der Waals surface area (Å²) in [4.78, 5) is 26.6. The zero-order chi connectivity index (χ0) is 20.1. The van der Waals surface area contributed by atoms with Gasteiger partial charge in [0.15, 0.2) is 5.82 Å². The molecule has 1 aromatic rings. The molecule has 6 heteroatoms. The number of carbonyl (C=O) groups excluding carboxylic acids is 1. The highest BCUT2D eigenvalue weighted by molar-refractivity contribution is 6.01. The van der Waals surface area contributed by atoms with Crippen LogP contribution in [0.15, 0.2) is 12.3 Å². The predicted molar refractivity (Wildman–Crippen MR) is 108 cm³/mol. The Kier molecular flexibility index (Phi) is 7.22. The van der Waals surface area contributed by atoms with Gasteiger partial charge in [-0.1, -0.05) is 26.8 Å². The second-order valence-electron chi connectivity index (χ2n) is 8.42. The fourth-order valence-corrected chi connectivity index (χ4v) is 3.54. The van der Waals surface area contributed by atoms with E-state index in [1.165, 1.54) is 10.9 Å². The van der Waals surface area contributed by atoms with E-state index in [-0.39, 0.29) is 29.2 Å². The highest BCUT2D eigenvalue weighted by Gasteiger charge is 2.33. The molecule has 1 heterocycles. The third-order valence-electron chi connectivity index (χ3n) is 5.16. The molecule has 1 N–H and O–H groups in total. The van der Waals surface area contributed by atoms with E-state index in [4.69, 9.17) is 0 Å². The van der Waals surface area contributed by atoms with Crippen molar-refractivity contribution in [3.05, 3.63) is 17.8 Å². The summed E-state index contributed by atoms with van der Waals surface area (Å²) < 4.78 is 1.51. The van der Waals surface area contributed by atoms with E-state index in [1.807, 2.05) is 19.9 Å². The number of rotatable bonds is 7. The maximum absolute atomic E-state index is 13.2. The monoisotopic (exact) mass is 375 g/mol. The molecule has 2 rings (SSSR count). The summed E-state index contributed by atoms with van der Waals surface area (Å²) in [5.74, 6) is 0.293. The van der Waals surface area contributed by atoms with E-state index >= 15 is 0 Å². The zero-order valence-electron chi connectivity index (χ0n) is 17.2. The molecule has 0 atom stereocenters. The molecule has 1 saturated carbocycles. The van der Waals surface area contributed by atoms with Crippen molar-refractivity contribution in [3.8, 4) is 0 Å². The van der Waals surface area contributed by atoms with E-state index in [0.717, 1.165) is 32.1 Å². The van der Waals surface area contributed by atoms with Gasteiger partial charge in [-0.3, -0.25) is 9.69 Å². The molecule has 1 aliphatic rings. The second kappa shape index (κ2) is 9.20. The summed E-state index contributed by atoms with van der Waals surface area (Å²) in [6.07, 6.45) is 9.91. The number of anilines is 1. The second-order valence-corrected chi connectivity index (χ2v) is 8.42. The lowest BCUT2D eigenvalue weighted by molar-refractivity contribution is -0.123. The van der Waals surface area contributed by atoms with Crippen molar-refractivity contribution in [1.82, 2.24) is 9.78 Å². The van der Waals surface area contributed by atoms with E-state index in [1.54, 1.807) is 11.1 Å². The molecule has 1 aliphatic carbocycles. The van der Waals surface area contributed by atoms with Crippen molar-refractivity contribution < 1.29 is 14.7 Å². The average molecular weight is 376 g/mol. The van der Waals surface area contributed by atoms with Crippen molar-refractivity contribution >= 4 is 23.9 Å². The number of carboxylic acid groups (broad SMARTS) is 1. The van der Waals surface area contributed by atoms with Gasteiger partial charge in [0, 0.05) is 24.4 Å². The lowest BCUT2D eigenvalue weighted by atomic mass is 9.82. The summed E-state index contributed by atoms with van der Waals surface area (Å²) >= 11 is 0. The average Bonchev–Trinajstić information content (AvgIpc) is 2.98. The van der Waals surface area contributed by atoms with Crippen LogP contribution < -0.4 is 4.90 Å². The molecule has 0 aliphatic heterocycles. The van der Waals surface area contributed by atoms with Gasteiger partial charge in [0.05, 0.1) is 0 Å². The quantitative estimate of drug-likeness (QED) is 0.752. The van der Waals surface area contributed by atoms with Gasteiger partial charge in [0.25, 0.3) is 0 Å². The molecule has 6 nitrogen and oxygen atoms in total. The molecule has 150 valence electrons. The molecule has 0 bridgehead atoms. The van der Waals surface area contributed by atoms with Gasteiger partial charge in [-0.05, 0) is 57.8 Å². The number of carboxylic acids is 1. The molecule has 0 unspecified atom stereocenters. The van der Waals surface area contributed by atoms with Crippen LogP contribution >= 0.6 is 0 Å². The van der Waals surface area contributed by atoms with Gasteiger partial charge in [0.2, 0.25) is 5.91 Å². The van der Waals surface area contributed by atoms with E-state index < -0.39 is 5.97 Å². The van der Waals surface area contributed by atoms with Gasteiger partial charge >= 0.3 is 5.97 Å². The van der Waals surface area contributed by atoms with Crippen molar-refractivity contribution in [2.75, 3.05) is 4.90 Å². The number of aromatic nitrogens is 2. The molecule has 0 spiro atoms. The smallest absolute Gasteiger partial charge is 0.341 e. The minimum absolute atomic E-state index is 0.00388. The van der Waals surface area contributed by atoms with Crippen LogP contribution in [-0.2, 0) is 4.79 Å². The normalized spacial score (nSPS) is 20.6. The Morgan fingerprint density at radius 1 is 1.26 bits per heavy atom. The molecule has 1 aromatic heterocycles. The number of amides is 1. The van der Waals surface area contributed by atoms with E-state index in [9.17, 15) is 14.7 Å². The lowest BCUT2D eigenvalue weighted by Gasteiger charge is -2.32. The molecule has 1 fully saturated rings. The molecular formula is C21H33N3O3. The highest BCUT2D eigenvalue weighted by Crippen LogP contribution is 2.32. The Labute approximate surface area is 162 Å². The van der Waals surface area contributed by atoms with E-state index in [2.05, 4.69) is 25.9 Å². The molecule has 0 aromatic carbocycles. The van der Waals surface area contributed by atoms with Crippen molar-refractivity contribution in [3.63, 3.8) is 0 Å². The highest BCUT2D eigenvalue weighted by atomic mass is 16.4. The maximum atomic E-state index is 13.2. The van der Waals surface area contributed by atoms with Gasteiger partial charge in [-0.15, -0.1) is 5.10 Å². The summed E-state index contributed by atoms with van der Waals surface area (Å²) in [5.41, 5.74) is 0.0652. The fourth-order valence-electron chi connectivity index (χ4n) is 3.54. The van der Waals surface area contributed by atoms with Gasteiger partial charge < -0.3 is 5.11 Å². The first-order valence-electron chi connectivity index (χ1n) is 10.0. The summed E-state index contributed by atoms with van der Waals surface area (Å²) in [7, 11) is 0. The van der Waals surface area contributed by atoms with Crippen LogP contribution in [0.5, 0.6) is 0 Å². The topological polar surface area (TPSA) is 75.4 Å². The Morgan fingerprint density at radius 2 is 1.89 bits per heavy atom. The van der Waals surface area contributed by atoms with Crippen molar-refractivity contribution in [2.45, 2.75) is 72.8 Å². The molecule has 1 amide bonds. The zero-order valence-corrected chi connectivity index (χ0v) is 17.2. The van der Waals surface area contributed by atoms with E-state index in [0.29, 0.717) is 11.8 Å². The number of carbonyl (C=O) groups is 2. The van der Waals surface area contributed by atoms with Crippen molar-refractivity contribution in [1.29, 1.82) is 0 Å². The lowest BCUT2D eigenvalue weighted by Crippen LogP contribution is -2.43. The summed E-state index contributed by atoms with van der Waals surface area (Å²) in [6, 6.07) is -0.155. The first-order chi connectivity index (χ1) is 12.7. The van der Waals surface area contributed by atoms with Crippen LogP contribution in [0.3, 0.4) is 0 Å². The Hall–Kier alpha value is -2.11. The number of aromatic carboxylic acids is 1. The third kappa shape index (κ3) is 5.44. The molecule has 27 heavy (non-hydrogen) atoms. The summed E-state index contributed by atoms with van der Waals surface area (Å²) in [6.45, 7) is 10.3. The number of nitrogens with zero attached hydrogens (tertiary/aromatic N) is 3. The largest absolute Gasteiger partial charge is 0.477 e. The standard InChI is InChI=1S/C21H33N3O3/c1-14(2)7-6-12-23-13-18(21(26)27)19(22-23)24(15(3)4)20(25)17-10-8-16(5)9-11-17/h6,12-17H,7-11H2,1-5H3,(H,26,27)/b12-6+/t16-,17-. The van der Waals surface area contributed by atoms with Crippen LogP contribution in [0, 0.1) is 17.8 Å². The Balaban J connectivity index is 2.32. The number of hydrogen-bond acceptors (Lipinski definition) is 3. The van der Waals surface area contributed by atoms with Crippen LogP contribution in [0.25, 0.3) is 6.20 Å². The first-order valence-corrected chi connectivity index (χ1v) is 10.0. The Morgan fingerprint density at radius 3 is 2.41 bits per heavy atom. The number of allylic oxidation sites excluding steroid dienone is 1. The van der Waals surface area contributed by atoms with Gasteiger partial charge in [-0.25, -0.2) is 9.48 Å². The van der Waals surface area contributed by atoms with Crippen LogP contribution in [-0.4, -0.2) is 32.8 Å². The maximum Gasteiger partial charge on any atom is 0.341 e.